The van der Waals surface area contributed by atoms with E-state index in [0.717, 1.165) is 37.5 Å². The van der Waals surface area contributed by atoms with E-state index in [1.165, 1.54) is 41.7 Å². The standard InChI is InChI=1S/C22H25NO/c1-2-5-18(6-3-1)16-24-22-12-10-19-9-11-21(13-20(19)14-22)23-15-17-7-4-8-17/h1-3,5-6,10,12,14,17H,4,7-9,11,13,15-16H2. The first-order valence-electron chi connectivity index (χ1n) is 9.17. The van der Waals surface area contributed by atoms with Crippen LogP contribution in [0, 0.1) is 5.92 Å². The van der Waals surface area contributed by atoms with Gasteiger partial charge in [0.25, 0.3) is 0 Å². The molecule has 0 amide bonds. The maximum atomic E-state index is 5.98. The predicted octanol–water partition coefficient (Wildman–Crippen LogP) is 5.00. The number of hydrogen-bond donors (Lipinski definition) is 0. The summed E-state index contributed by atoms with van der Waals surface area (Å²) < 4.78 is 5.98. The fourth-order valence-electron chi connectivity index (χ4n) is 3.50. The van der Waals surface area contributed by atoms with Crippen molar-refractivity contribution in [3.05, 3.63) is 65.2 Å². The Morgan fingerprint density at radius 3 is 2.62 bits per heavy atom. The van der Waals surface area contributed by atoms with Gasteiger partial charge in [-0.1, -0.05) is 42.8 Å². The average molecular weight is 319 g/mol. The van der Waals surface area contributed by atoms with Crippen molar-refractivity contribution in [3.63, 3.8) is 0 Å². The van der Waals surface area contributed by atoms with Crippen LogP contribution in [0.15, 0.2) is 53.5 Å². The molecule has 0 aliphatic heterocycles. The van der Waals surface area contributed by atoms with Crippen molar-refractivity contribution in [2.75, 3.05) is 6.54 Å². The highest BCUT2D eigenvalue weighted by molar-refractivity contribution is 5.88. The fourth-order valence-corrected chi connectivity index (χ4v) is 3.50. The maximum Gasteiger partial charge on any atom is 0.120 e. The quantitative estimate of drug-likeness (QED) is 0.760. The SMILES string of the molecule is c1ccc(COc2ccc3c(c2)CC(=NCC2CCC2)CC3)cc1. The zero-order valence-electron chi connectivity index (χ0n) is 14.2. The van der Waals surface area contributed by atoms with Crippen molar-refractivity contribution in [1.29, 1.82) is 0 Å². The number of benzene rings is 2. The molecule has 1 saturated carbocycles. The van der Waals surface area contributed by atoms with Crippen LogP contribution in [0.5, 0.6) is 5.75 Å². The van der Waals surface area contributed by atoms with Gasteiger partial charge < -0.3 is 4.74 Å². The van der Waals surface area contributed by atoms with Crippen LogP contribution in [-0.2, 0) is 19.4 Å². The summed E-state index contributed by atoms with van der Waals surface area (Å²) in [5, 5.41) is 0. The Morgan fingerprint density at radius 1 is 0.958 bits per heavy atom. The van der Waals surface area contributed by atoms with Gasteiger partial charge in [0, 0.05) is 18.7 Å². The second-order valence-corrected chi connectivity index (χ2v) is 7.09. The first kappa shape index (κ1) is 15.4. The van der Waals surface area contributed by atoms with Crippen molar-refractivity contribution < 1.29 is 4.74 Å². The number of rotatable bonds is 5. The zero-order valence-corrected chi connectivity index (χ0v) is 14.2. The van der Waals surface area contributed by atoms with E-state index in [1.807, 2.05) is 6.07 Å². The Hall–Kier alpha value is -2.09. The van der Waals surface area contributed by atoms with E-state index in [2.05, 4.69) is 42.5 Å². The summed E-state index contributed by atoms with van der Waals surface area (Å²) in [5.74, 6) is 1.83. The molecule has 0 heterocycles. The lowest BCUT2D eigenvalue weighted by molar-refractivity contribution is 0.306. The third-order valence-corrected chi connectivity index (χ3v) is 5.30. The van der Waals surface area contributed by atoms with Crippen LogP contribution in [0.1, 0.15) is 42.4 Å². The summed E-state index contributed by atoms with van der Waals surface area (Å²) in [6.45, 7) is 1.68. The number of fused-ring (bicyclic) bond motifs is 1. The minimum absolute atomic E-state index is 0.627. The molecule has 124 valence electrons. The van der Waals surface area contributed by atoms with Gasteiger partial charge >= 0.3 is 0 Å². The lowest BCUT2D eigenvalue weighted by atomic mass is 9.85. The van der Waals surface area contributed by atoms with Gasteiger partial charge in [0.15, 0.2) is 0 Å². The molecule has 2 aliphatic rings. The second-order valence-electron chi connectivity index (χ2n) is 7.09. The van der Waals surface area contributed by atoms with Crippen molar-refractivity contribution in [2.24, 2.45) is 10.9 Å². The molecule has 4 rings (SSSR count). The van der Waals surface area contributed by atoms with Gasteiger partial charge in [-0.15, -0.1) is 0 Å². The summed E-state index contributed by atoms with van der Waals surface area (Å²) >= 11 is 0. The Kier molecular flexibility index (Phi) is 4.64. The molecule has 0 atom stereocenters. The van der Waals surface area contributed by atoms with Gasteiger partial charge in [0.2, 0.25) is 0 Å². The number of ether oxygens (including phenoxy) is 1. The summed E-state index contributed by atoms with van der Waals surface area (Å²) in [6, 6.07) is 16.9. The second kappa shape index (κ2) is 7.21. The first-order valence-corrected chi connectivity index (χ1v) is 9.17. The molecule has 0 saturated heterocycles. The molecule has 2 nitrogen and oxygen atoms in total. The third-order valence-electron chi connectivity index (χ3n) is 5.30. The minimum atomic E-state index is 0.627. The van der Waals surface area contributed by atoms with Crippen LogP contribution in [-0.4, -0.2) is 12.3 Å². The Balaban J connectivity index is 1.40. The smallest absolute Gasteiger partial charge is 0.120 e. The topological polar surface area (TPSA) is 21.6 Å². The van der Waals surface area contributed by atoms with Crippen LogP contribution in [0.25, 0.3) is 0 Å². The van der Waals surface area contributed by atoms with Crippen molar-refractivity contribution in [2.45, 2.75) is 45.1 Å². The Bertz CT molecular complexity index is 716. The largest absolute Gasteiger partial charge is 0.489 e. The monoisotopic (exact) mass is 319 g/mol. The van der Waals surface area contributed by atoms with Gasteiger partial charge in [-0.25, -0.2) is 0 Å². The van der Waals surface area contributed by atoms with Gasteiger partial charge in [-0.05, 0) is 60.4 Å². The number of hydrogen-bond acceptors (Lipinski definition) is 2. The molecular weight excluding hydrogens is 294 g/mol. The molecule has 2 aromatic carbocycles. The summed E-state index contributed by atoms with van der Waals surface area (Å²) in [5.41, 5.74) is 5.46. The summed E-state index contributed by atoms with van der Waals surface area (Å²) in [6.07, 6.45) is 7.42. The molecule has 1 fully saturated rings. The number of aryl methyl sites for hydroxylation is 1. The highest BCUT2D eigenvalue weighted by Crippen LogP contribution is 2.28. The molecule has 2 aliphatic carbocycles. The van der Waals surface area contributed by atoms with E-state index in [1.54, 1.807) is 0 Å². The van der Waals surface area contributed by atoms with Crippen LogP contribution >= 0.6 is 0 Å². The van der Waals surface area contributed by atoms with Gasteiger partial charge in [0.1, 0.15) is 12.4 Å². The molecule has 24 heavy (non-hydrogen) atoms. The third kappa shape index (κ3) is 3.69. The van der Waals surface area contributed by atoms with E-state index < -0.39 is 0 Å². The van der Waals surface area contributed by atoms with E-state index in [-0.39, 0.29) is 0 Å². The fraction of sp³-hybridized carbons (Fsp3) is 0.409. The van der Waals surface area contributed by atoms with Crippen LogP contribution in [0.3, 0.4) is 0 Å². The molecule has 0 N–H and O–H groups in total. The molecule has 0 radical (unpaired) electrons. The normalized spacial score (nSPS) is 18.9. The highest BCUT2D eigenvalue weighted by atomic mass is 16.5. The van der Waals surface area contributed by atoms with Crippen LogP contribution in [0.4, 0.5) is 0 Å². The van der Waals surface area contributed by atoms with Gasteiger partial charge in [-0.3, -0.25) is 4.99 Å². The molecule has 0 unspecified atom stereocenters. The summed E-state index contributed by atoms with van der Waals surface area (Å²) in [7, 11) is 0. The van der Waals surface area contributed by atoms with Gasteiger partial charge in [0.05, 0.1) is 0 Å². The first-order chi connectivity index (χ1) is 11.9. The summed E-state index contributed by atoms with van der Waals surface area (Å²) in [4.78, 5) is 4.90. The lowest BCUT2D eigenvalue weighted by Crippen LogP contribution is -2.18. The minimum Gasteiger partial charge on any atom is -0.489 e. The molecule has 0 bridgehead atoms. The van der Waals surface area contributed by atoms with Gasteiger partial charge in [-0.2, -0.15) is 0 Å². The Morgan fingerprint density at radius 2 is 1.83 bits per heavy atom. The van der Waals surface area contributed by atoms with E-state index in [9.17, 15) is 0 Å². The van der Waals surface area contributed by atoms with Crippen molar-refractivity contribution in [3.8, 4) is 5.75 Å². The predicted molar refractivity (Wildman–Crippen MR) is 98.9 cm³/mol. The van der Waals surface area contributed by atoms with E-state index in [4.69, 9.17) is 9.73 Å². The van der Waals surface area contributed by atoms with E-state index >= 15 is 0 Å². The van der Waals surface area contributed by atoms with Crippen molar-refractivity contribution >= 4 is 5.71 Å². The van der Waals surface area contributed by atoms with Crippen LogP contribution < -0.4 is 4.74 Å². The molecule has 2 aromatic rings. The zero-order chi connectivity index (χ0) is 16.2. The lowest BCUT2D eigenvalue weighted by Gasteiger charge is -2.24. The molecule has 0 aromatic heterocycles. The average Bonchev–Trinajstić information content (AvgIpc) is 2.59. The van der Waals surface area contributed by atoms with E-state index in [0.29, 0.717) is 6.61 Å². The van der Waals surface area contributed by atoms with Crippen molar-refractivity contribution in [1.82, 2.24) is 0 Å². The van der Waals surface area contributed by atoms with Crippen LogP contribution in [0.2, 0.25) is 0 Å². The Labute approximate surface area is 144 Å². The number of nitrogens with zero attached hydrogens (tertiary/aromatic N) is 1. The molecular formula is C22H25NO. The molecule has 2 heteroatoms. The molecule has 0 spiro atoms. The maximum absolute atomic E-state index is 5.98. The number of aliphatic imine (C=N–C) groups is 1. The highest BCUT2D eigenvalue weighted by Gasteiger charge is 2.19.